The number of rotatable bonds is 4. The van der Waals surface area contributed by atoms with Crippen molar-refractivity contribution in [2.24, 2.45) is 11.8 Å². The number of carbonyl (C=O) groups excluding carboxylic acids is 1. The van der Waals surface area contributed by atoms with Gasteiger partial charge in [0, 0.05) is 37.5 Å². The lowest BCUT2D eigenvalue weighted by Gasteiger charge is -2.22. The molecule has 2 saturated heterocycles. The summed E-state index contributed by atoms with van der Waals surface area (Å²) in [5, 5.41) is 12.4. The van der Waals surface area contributed by atoms with Crippen LogP contribution >= 0.6 is 11.3 Å². The van der Waals surface area contributed by atoms with Gasteiger partial charge in [-0.3, -0.25) is 4.79 Å². The van der Waals surface area contributed by atoms with Crippen LogP contribution in [0.2, 0.25) is 0 Å². The Bertz CT molecular complexity index is 499. The highest BCUT2D eigenvalue weighted by molar-refractivity contribution is 7.09. The molecule has 21 heavy (non-hydrogen) atoms. The molecule has 6 heteroatoms. The Hall–Kier alpha value is -0.980. The number of nitrogens with zero attached hydrogens (tertiary/aromatic N) is 3. The summed E-state index contributed by atoms with van der Waals surface area (Å²) in [4.78, 5) is 21.1. The Morgan fingerprint density at radius 2 is 2.10 bits per heavy atom. The molecule has 1 N–H and O–H groups in total. The second-order valence-corrected chi connectivity index (χ2v) is 7.23. The number of likely N-dealkylation sites (tertiary alicyclic amines) is 2. The van der Waals surface area contributed by atoms with E-state index in [1.807, 2.05) is 17.2 Å². The molecule has 2 aliphatic heterocycles. The summed E-state index contributed by atoms with van der Waals surface area (Å²) in [6.45, 7) is 6.81. The zero-order valence-corrected chi connectivity index (χ0v) is 13.3. The van der Waals surface area contributed by atoms with Crippen molar-refractivity contribution < 1.29 is 9.90 Å². The van der Waals surface area contributed by atoms with Gasteiger partial charge < -0.3 is 14.9 Å². The average Bonchev–Trinajstić information content (AvgIpc) is 3.19. The first-order chi connectivity index (χ1) is 10.2. The first kappa shape index (κ1) is 14.9. The fourth-order valence-electron chi connectivity index (χ4n) is 3.44. The maximum absolute atomic E-state index is 12.5. The largest absolute Gasteiger partial charge is 0.396 e. The molecule has 0 spiro atoms. The maximum Gasteiger partial charge on any atom is 0.273 e. The highest BCUT2D eigenvalue weighted by atomic mass is 32.1. The smallest absolute Gasteiger partial charge is 0.273 e. The Morgan fingerprint density at radius 3 is 2.71 bits per heavy atom. The van der Waals surface area contributed by atoms with Crippen LogP contribution < -0.4 is 0 Å². The molecule has 116 valence electrons. The number of carbonyl (C=O) groups is 1. The van der Waals surface area contributed by atoms with Crippen molar-refractivity contribution in [2.75, 3.05) is 39.3 Å². The zero-order valence-electron chi connectivity index (χ0n) is 12.5. The van der Waals surface area contributed by atoms with Crippen LogP contribution in [-0.2, 0) is 0 Å². The van der Waals surface area contributed by atoms with Crippen molar-refractivity contribution in [3.05, 3.63) is 16.1 Å². The van der Waals surface area contributed by atoms with E-state index < -0.39 is 0 Å². The van der Waals surface area contributed by atoms with Gasteiger partial charge in [0.05, 0.1) is 5.01 Å². The highest BCUT2D eigenvalue weighted by Gasteiger charge is 2.36. The molecule has 3 heterocycles. The van der Waals surface area contributed by atoms with Gasteiger partial charge in [0.2, 0.25) is 0 Å². The van der Waals surface area contributed by atoms with Gasteiger partial charge in [-0.25, -0.2) is 4.98 Å². The fraction of sp³-hybridized carbons (Fsp3) is 0.733. The predicted molar refractivity (Wildman–Crippen MR) is 82.5 cm³/mol. The van der Waals surface area contributed by atoms with E-state index in [4.69, 9.17) is 0 Å². The molecule has 5 nitrogen and oxygen atoms in total. The third-order valence-electron chi connectivity index (χ3n) is 4.63. The molecule has 0 radical (unpaired) electrons. The molecule has 0 aromatic carbocycles. The fourth-order valence-corrected chi connectivity index (χ4v) is 4.03. The Kier molecular flexibility index (Phi) is 4.57. The number of aromatic nitrogens is 1. The summed E-state index contributed by atoms with van der Waals surface area (Å²) >= 11 is 1.51. The van der Waals surface area contributed by atoms with Crippen molar-refractivity contribution in [2.45, 2.75) is 19.8 Å². The second-order valence-electron chi connectivity index (χ2n) is 6.17. The molecule has 3 rings (SSSR count). The first-order valence-corrected chi connectivity index (χ1v) is 8.60. The molecular formula is C15H23N3O2S. The van der Waals surface area contributed by atoms with Crippen LogP contribution in [0.25, 0.3) is 0 Å². The third-order valence-corrected chi connectivity index (χ3v) is 5.40. The predicted octanol–water partition coefficient (Wildman–Crippen LogP) is 1.23. The number of aliphatic hydroxyl groups excluding tert-OH is 1. The molecule has 1 aromatic heterocycles. The minimum absolute atomic E-state index is 0.0155. The molecule has 2 atom stereocenters. The van der Waals surface area contributed by atoms with Crippen LogP contribution in [-0.4, -0.2) is 65.1 Å². The van der Waals surface area contributed by atoms with E-state index in [0.29, 0.717) is 18.2 Å². The third kappa shape index (κ3) is 3.27. The van der Waals surface area contributed by atoms with Gasteiger partial charge in [-0.05, 0) is 38.8 Å². The van der Waals surface area contributed by atoms with E-state index in [2.05, 4.69) is 9.88 Å². The van der Waals surface area contributed by atoms with E-state index >= 15 is 0 Å². The quantitative estimate of drug-likeness (QED) is 0.909. The molecule has 1 amide bonds. The SMILES string of the molecule is Cc1nc(C(=O)N2C[C@@H](CN3CCCC3)[C@@H](CO)C2)cs1. The number of amides is 1. The van der Waals surface area contributed by atoms with Gasteiger partial charge in [0.1, 0.15) is 5.69 Å². The van der Waals surface area contributed by atoms with Crippen LogP contribution in [0.5, 0.6) is 0 Å². The molecule has 2 fully saturated rings. The minimum atomic E-state index is 0.0155. The van der Waals surface area contributed by atoms with Gasteiger partial charge in [0.15, 0.2) is 0 Å². The highest BCUT2D eigenvalue weighted by Crippen LogP contribution is 2.27. The minimum Gasteiger partial charge on any atom is -0.396 e. The van der Waals surface area contributed by atoms with Gasteiger partial charge in [-0.15, -0.1) is 11.3 Å². The van der Waals surface area contributed by atoms with Crippen LogP contribution in [0.1, 0.15) is 28.3 Å². The van der Waals surface area contributed by atoms with E-state index in [-0.39, 0.29) is 18.4 Å². The Labute approximate surface area is 129 Å². The van der Waals surface area contributed by atoms with Crippen molar-refractivity contribution >= 4 is 17.2 Å². The molecular weight excluding hydrogens is 286 g/mol. The summed E-state index contributed by atoms with van der Waals surface area (Å²) in [6, 6.07) is 0. The normalized spacial score (nSPS) is 26.7. The number of hydrogen-bond acceptors (Lipinski definition) is 5. The Balaban J connectivity index is 1.64. The second kappa shape index (κ2) is 6.42. The maximum atomic E-state index is 12.5. The number of thiazole rings is 1. The van der Waals surface area contributed by atoms with Crippen molar-refractivity contribution in [3.63, 3.8) is 0 Å². The summed E-state index contributed by atoms with van der Waals surface area (Å²) in [7, 11) is 0. The summed E-state index contributed by atoms with van der Waals surface area (Å²) in [5.41, 5.74) is 0.552. The molecule has 0 aliphatic carbocycles. The van der Waals surface area contributed by atoms with Crippen LogP contribution in [0, 0.1) is 18.8 Å². The molecule has 0 saturated carbocycles. The molecule has 1 aromatic rings. The van der Waals surface area contributed by atoms with Crippen LogP contribution in [0.15, 0.2) is 5.38 Å². The first-order valence-electron chi connectivity index (χ1n) is 7.72. The van der Waals surface area contributed by atoms with Crippen LogP contribution in [0.3, 0.4) is 0 Å². The van der Waals surface area contributed by atoms with Crippen molar-refractivity contribution in [1.82, 2.24) is 14.8 Å². The average molecular weight is 309 g/mol. The van der Waals surface area contributed by atoms with E-state index in [1.165, 1.54) is 24.2 Å². The van der Waals surface area contributed by atoms with E-state index in [9.17, 15) is 9.90 Å². The summed E-state index contributed by atoms with van der Waals surface area (Å²) < 4.78 is 0. The van der Waals surface area contributed by atoms with Gasteiger partial charge in [0.25, 0.3) is 5.91 Å². The van der Waals surface area contributed by atoms with Crippen molar-refractivity contribution in [3.8, 4) is 0 Å². The molecule has 0 unspecified atom stereocenters. The number of aryl methyl sites for hydroxylation is 1. The summed E-state index contributed by atoms with van der Waals surface area (Å²) in [5.74, 6) is 0.604. The van der Waals surface area contributed by atoms with Gasteiger partial charge in [-0.2, -0.15) is 0 Å². The molecule has 0 bridgehead atoms. The summed E-state index contributed by atoms with van der Waals surface area (Å²) in [6.07, 6.45) is 2.55. The topological polar surface area (TPSA) is 56.7 Å². The lowest BCUT2D eigenvalue weighted by atomic mass is 9.96. The van der Waals surface area contributed by atoms with E-state index in [0.717, 1.165) is 31.2 Å². The van der Waals surface area contributed by atoms with Gasteiger partial charge >= 0.3 is 0 Å². The van der Waals surface area contributed by atoms with Gasteiger partial charge in [-0.1, -0.05) is 0 Å². The lowest BCUT2D eigenvalue weighted by molar-refractivity contribution is 0.0774. The number of hydrogen-bond donors (Lipinski definition) is 1. The zero-order chi connectivity index (χ0) is 14.8. The standard InChI is InChI=1S/C15H23N3O2S/c1-11-16-14(10-21-11)15(20)18-7-12(13(8-18)9-19)6-17-4-2-3-5-17/h10,12-13,19H,2-9H2,1H3/t12-,13-/m1/s1. The Morgan fingerprint density at radius 1 is 1.38 bits per heavy atom. The monoisotopic (exact) mass is 309 g/mol. The van der Waals surface area contributed by atoms with Crippen LogP contribution in [0.4, 0.5) is 0 Å². The number of aliphatic hydroxyl groups is 1. The van der Waals surface area contributed by atoms with Crippen molar-refractivity contribution in [1.29, 1.82) is 0 Å². The molecule has 2 aliphatic rings. The lowest BCUT2D eigenvalue weighted by Crippen LogP contribution is -2.32. The van der Waals surface area contributed by atoms with E-state index in [1.54, 1.807) is 0 Å².